The van der Waals surface area contributed by atoms with Crippen LogP contribution in [0.15, 0.2) is 50.0 Å². The topological polar surface area (TPSA) is 71.1 Å². The summed E-state index contributed by atoms with van der Waals surface area (Å²) in [6.45, 7) is 19.0. The molecular formula is C20H32O6. The van der Waals surface area contributed by atoms with Crippen molar-refractivity contribution in [2.24, 2.45) is 0 Å². The molecule has 0 rings (SSSR count). The van der Waals surface area contributed by atoms with Crippen molar-refractivity contribution in [1.29, 1.82) is 0 Å². The lowest BCUT2D eigenvalue weighted by Gasteiger charge is -2.05. The predicted octanol–water partition coefficient (Wildman–Crippen LogP) is 4.09. The van der Waals surface area contributed by atoms with Gasteiger partial charge in [-0.15, -0.1) is 0 Å². The second-order valence-corrected chi connectivity index (χ2v) is 5.32. The summed E-state index contributed by atoms with van der Waals surface area (Å²) in [6.07, 6.45) is 6.22. The lowest BCUT2D eigenvalue weighted by molar-refractivity contribution is -0.141. The third-order valence-corrected chi connectivity index (χ3v) is 2.71. The summed E-state index contributed by atoms with van der Waals surface area (Å²) in [7, 11) is 0. The van der Waals surface area contributed by atoms with Crippen LogP contribution in [0.2, 0.25) is 0 Å². The minimum absolute atomic E-state index is 0.316. The van der Waals surface area contributed by atoms with E-state index in [1.165, 1.54) is 12.5 Å². The molecule has 0 radical (unpaired) electrons. The number of esters is 2. The minimum Gasteiger partial charge on any atom is -0.502 e. The minimum atomic E-state index is -0.390. The molecule has 0 heterocycles. The molecule has 0 aliphatic rings. The molecule has 0 atom stereocenters. The van der Waals surface area contributed by atoms with Gasteiger partial charge in [-0.1, -0.05) is 26.3 Å². The van der Waals surface area contributed by atoms with Gasteiger partial charge in [0.25, 0.3) is 0 Å². The molecule has 6 heteroatoms. The first-order valence-electron chi connectivity index (χ1n) is 8.47. The molecule has 0 aromatic carbocycles. The van der Waals surface area contributed by atoms with Crippen molar-refractivity contribution in [3.05, 3.63) is 50.0 Å². The number of rotatable bonds is 14. The number of ether oxygens (including phenoxy) is 4. The van der Waals surface area contributed by atoms with Crippen LogP contribution in [-0.4, -0.2) is 38.4 Å². The van der Waals surface area contributed by atoms with Gasteiger partial charge in [0.15, 0.2) is 0 Å². The van der Waals surface area contributed by atoms with E-state index in [1.54, 1.807) is 13.8 Å². The van der Waals surface area contributed by atoms with E-state index in [0.717, 1.165) is 26.1 Å². The van der Waals surface area contributed by atoms with Gasteiger partial charge in [0.2, 0.25) is 0 Å². The van der Waals surface area contributed by atoms with Gasteiger partial charge in [-0.25, -0.2) is 9.59 Å². The fourth-order valence-electron chi connectivity index (χ4n) is 1.32. The maximum atomic E-state index is 11.0. The average molecular weight is 368 g/mol. The van der Waals surface area contributed by atoms with Crippen LogP contribution in [0.25, 0.3) is 0 Å². The lowest BCUT2D eigenvalue weighted by Crippen LogP contribution is -2.09. The highest BCUT2D eigenvalue weighted by Gasteiger charge is 2.04. The van der Waals surface area contributed by atoms with E-state index in [-0.39, 0.29) is 11.9 Å². The highest BCUT2D eigenvalue weighted by atomic mass is 16.5. The Labute approximate surface area is 157 Å². The molecule has 0 aromatic heterocycles. The standard InChI is InChI=1S/C12H18O4.C8H14O2/c1-9(2)11(13)15-7-5-6-8-16-12(14)10(3)4;1-3-9-7-5-6-8-10-4-2/h1,3,5-8H2,2,4H3;3-4H,1-2,5-8H2. The van der Waals surface area contributed by atoms with Crippen LogP contribution < -0.4 is 0 Å². The molecule has 0 aromatic rings. The van der Waals surface area contributed by atoms with Gasteiger partial charge < -0.3 is 18.9 Å². The summed E-state index contributed by atoms with van der Waals surface area (Å²) < 4.78 is 19.5. The van der Waals surface area contributed by atoms with Crippen LogP contribution in [0.5, 0.6) is 0 Å². The molecule has 6 nitrogen and oxygen atoms in total. The van der Waals surface area contributed by atoms with E-state index in [2.05, 4.69) is 26.3 Å². The van der Waals surface area contributed by atoms with Crippen LogP contribution in [0.3, 0.4) is 0 Å². The summed E-state index contributed by atoms with van der Waals surface area (Å²) in [5, 5.41) is 0. The largest absolute Gasteiger partial charge is 0.502 e. The second kappa shape index (κ2) is 18.8. The van der Waals surface area contributed by atoms with E-state index in [4.69, 9.17) is 18.9 Å². The molecule has 0 bridgehead atoms. The molecule has 0 saturated heterocycles. The fraction of sp³-hybridized carbons (Fsp3) is 0.500. The van der Waals surface area contributed by atoms with Gasteiger partial charge >= 0.3 is 11.9 Å². The van der Waals surface area contributed by atoms with Gasteiger partial charge in [-0.05, 0) is 39.5 Å². The summed E-state index contributed by atoms with van der Waals surface area (Å²) in [4.78, 5) is 21.9. The molecule has 0 N–H and O–H groups in total. The van der Waals surface area contributed by atoms with Crippen molar-refractivity contribution in [3.8, 4) is 0 Å². The zero-order valence-corrected chi connectivity index (χ0v) is 16.1. The molecule has 0 aliphatic heterocycles. The van der Waals surface area contributed by atoms with Gasteiger partial charge in [0.1, 0.15) is 0 Å². The second-order valence-electron chi connectivity index (χ2n) is 5.32. The van der Waals surface area contributed by atoms with Gasteiger partial charge in [-0.3, -0.25) is 0 Å². The van der Waals surface area contributed by atoms with Crippen molar-refractivity contribution < 1.29 is 28.5 Å². The Kier molecular flexibility index (Phi) is 18.6. The molecule has 0 saturated carbocycles. The van der Waals surface area contributed by atoms with Crippen molar-refractivity contribution >= 4 is 11.9 Å². The molecule has 0 unspecified atom stereocenters. The number of hydrogen-bond donors (Lipinski definition) is 0. The third-order valence-electron chi connectivity index (χ3n) is 2.71. The number of unbranched alkanes of at least 4 members (excludes halogenated alkanes) is 2. The summed E-state index contributed by atoms with van der Waals surface area (Å²) >= 11 is 0. The monoisotopic (exact) mass is 368 g/mol. The first-order chi connectivity index (χ1) is 12.4. The summed E-state index contributed by atoms with van der Waals surface area (Å²) in [5.74, 6) is -0.780. The normalized spacial score (nSPS) is 9.00. The Hall–Kier alpha value is -2.50. The first kappa shape index (κ1) is 25.7. The number of carbonyl (C=O) groups is 2. The molecule has 0 fully saturated rings. The van der Waals surface area contributed by atoms with Crippen molar-refractivity contribution in [3.63, 3.8) is 0 Å². The Bertz CT molecular complexity index is 411. The van der Waals surface area contributed by atoms with Gasteiger partial charge in [-0.2, -0.15) is 0 Å². The smallest absolute Gasteiger partial charge is 0.333 e. The van der Waals surface area contributed by atoms with Gasteiger partial charge in [0.05, 0.1) is 39.0 Å². The fourth-order valence-corrected chi connectivity index (χ4v) is 1.32. The van der Waals surface area contributed by atoms with Crippen molar-refractivity contribution in [1.82, 2.24) is 0 Å². The van der Waals surface area contributed by atoms with Crippen LogP contribution in [0.1, 0.15) is 39.5 Å². The predicted molar refractivity (Wildman–Crippen MR) is 102 cm³/mol. The first-order valence-corrected chi connectivity index (χ1v) is 8.47. The number of carbonyl (C=O) groups excluding carboxylic acids is 2. The molecule has 0 amide bonds. The van der Waals surface area contributed by atoms with Crippen LogP contribution in [0, 0.1) is 0 Å². The maximum absolute atomic E-state index is 11.0. The van der Waals surface area contributed by atoms with Crippen LogP contribution in [0.4, 0.5) is 0 Å². The van der Waals surface area contributed by atoms with Crippen molar-refractivity contribution in [2.75, 3.05) is 26.4 Å². The van der Waals surface area contributed by atoms with E-state index in [9.17, 15) is 9.59 Å². The summed E-state index contributed by atoms with van der Waals surface area (Å²) in [6, 6.07) is 0. The van der Waals surface area contributed by atoms with Crippen LogP contribution in [-0.2, 0) is 28.5 Å². The molecule has 0 spiro atoms. The quantitative estimate of drug-likeness (QED) is 0.199. The molecular weight excluding hydrogens is 336 g/mol. The molecule has 148 valence electrons. The van der Waals surface area contributed by atoms with Crippen LogP contribution >= 0.6 is 0 Å². The Morgan fingerprint density at radius 3 is 1.27 bits per heavy atom. The Morgan fingerprint density at radius 2 is 1.00 bits per heavy atom. The lowest BCUT2D eigenvalue weighted by atomic mass is 10.3. The zero-order valence-electron chi connectivity index (χ0n) is 16.1. The third kappa shape index (κ3) is 19.5. The van der Waals surface area contributed by atoms with E-state index >= 15 is 0 Å². The van der Waals surface area contributed by atoms with Crippen molar-refractivity contribution in [2.45, 2.75) is 39.5 Å². The van der Waals surface area contributed by atoms with Gasteiger partial charge in [0, 0.05) is 11.1 Å². The summed E-state index contributed by atoms with van der Waals surface area (Å²) in [5.41, 5.74) is 0.766. The SMILES string of the molecule is C=C(C)C(=O)OCCCCOC(=O)C(=C)C.C=COCCCCOC=C. The van der Waals surface area contributed by atoms with E-state index in [1.807, 2.05) is 0 Å². The highest BCUT2D eigenvalue weighted by molar-refractivity contribution is 5.87. The highest BCUT2D eigenvalue weighted by Crippen LogP contribution is 1.98. The average Bonchev–Trinajstić information content (AvgIpc) is 2.60. The molecule has 26 heavy (non-hydrogen) atoms. The number of hydrogen-bond acceptors (Lipinski definition) is 6. The Balaban J connectivity index is 0. The Morgan fingerprint density at radius 1 is 0.692 bits per heavy atom. The molecule has 0 aliphatic carbocycles. The van der Waals surface area contributed by atoms with E-state index in [0.29, 0.717) is 37.2 Å². The zero-order chi connectivity index (χ0) is 20.2. The van der Waals surface area contributed by atoms with E-state index < -0.39 is 0 Å². The maximum Gasteiger partial charge on any atom is 0.333 e.